The van der Waals surface area contributed by atoms with E-state index in [1.54, 1.807) is 24.3 Å². The van der Waals surface area contributed by atoms with Gasteiger partial charge >= 0.3 is 0 Å². The van der Waals surface area contributed by atoms with Crippen molar-refractivity contribution in [2.75, 3.05) is 13.2 Å². The second kappa shape index (κ2) is 5.21. The van der Waals surface area contributed by atoms with Crippen LogP contribution >= 0.6 is 11.6 Å². The molecular weight excluding hydrogens is 312 g/mol. The number of fused-ring (bicyclic) bond motifs is 1. The summed E-state index contributed by atoms with van der Waals surface area (Å²) in [6, 6.07) is 8.18. The predicted molar refractivity (Wildman–Crippen MR) is 80.9 cm³/mol. The molecule has 2 aromatic rings. The number of pyridine rings is 1. The first-order valence-electron chi connectivity index (χ1n) is 6.56. The van der Waals surface area contributed by atoms with Gasteiger partial charge in [-0.2, -0.15) is 0 Å². The van der Waals surface area contributed by atoms with Gasteiger partial charge in [0, 0.05) is 12.0 Å². The number of hydrogen-bond donors (Lipinski definition) is 1. The van der Waals surface area contributed by atoms with Gasteiger partial charge in [0.25, 0.3) is 0 Å². The van der Waals surface area contributed by atoms with Gasteiger partial charge in [0.15, 0.2) is 0 Å². The number of halogens is 1. The lowest BCUT2D eigenvalue weighted by Crippen LogP contribution is -2.46. The van der Waals surface area contributed by atoms with Crippen molar-refractivity contribution < 1.29 is 13.2 Å². The maximum Gasteiger partial charge on any atom is 0.241 e. The molecule has 0 amide bonds. The van der Waals surface area contributed by atoms with E-state index >= 15 is 0 Å². The minimum Gasteiger partial charge on any atom is -0.379 e. The van der Waals surface area contributed by atoms with E-state index in [9.17, 15) is 8.42 Å². The van der Waals surface area contributed by atoms with Crippen LogP contribution in [0.4, 0.5) is 0 Å². The topological polar surface area (TPSA) is 68.3 Å². The van der Waals surface area contributed by atoms with Gasteiger partial charge in [-0.15, -0.1) is 0 Å². The lowest BCUT2D eigenvalue weighted by atomic mass is 10.0. The Bertz CT molecular complexity index is 786. The lowest BCUT2D eigenvalue weighted by Gasteiger charge is -2.23. The summed E-state index contributed by atoms with van der Waals surface area (Å²) < 4.78 is 33.0. The van der Waals surface area contributed by atoms with Crippen LogP contribution in [0.5, 0.6) is 0 Å². The highest BCUT2D eigenvalue weighted by atomic mass is 35.5. The Hall–Kier alpha value is -1.21. The summed E-state index contributed by atoms with van der Waals surface area (Å²) in [6.07, 6.45) is 0.664. The number of aromatic nitrogens is 1. The Morgan fingerprint density at radius 1 is 1.33 bits per heavy atom. The molecule has 1 aliphatic heterocycles. The number of nitrogens with zero attached hydrogens (tertiary/aromatic N) is 1. The van der Waals surface area contributed by atoms with Crippen molar-refractivity contribution >= 4 is 32.5 Å². The van der Waals surface area contributed by atoms with E-state index in [0.29, 0.717) is 30.3 Å². The second-order valence-electron chi connectivity index (χ2n) is 5.46. The molecule has 1 aromatic heterocycles. The normalized spacial score (nSPS) is 22.8. The Balaban J connectivity index is 1.97. The fourth-order valence-corrected chi connectivity index (χ4v) is 3.99. The van der Waals surface area contributed by atoms with Crippen LogP contribution in [-0.4, -0.2) is 32.2 Å². The zero-order valence-electron chi connectivity index (χ0n) is 11.5. The van der Waals surface area contributed by atoms with Crippen LogP contribution in [0, 0.1) is 0 Å². The van der Waals surface area contributed by atoms with E-state index in [1.165, 1.54) is 6.07 Å². The number of ether oxygens (including phenoxy) is 1. The maximum absolute atomic E-state index is 12.5. The van der Waals surface area contributed by atoms with E-state index in [2.05, 4.69) is 9.71 Å². The summed E-state index contributed by atoms with van der Waals surface area (Å²) in [5.41, 5.74) is 0.114. The van der Waals surface area contributed by atoms with Crippen molar-refractivity contribution in [1.82, 2.24) is 9.71 Å². The summed E-state index contributed by atoms with van der Waals surface area (Å²) in [5, 5.41) is 1.11. The molecule has 112 valence electrons. The minimum atomic E-state index is -3.59. The molecule has 7 heteroatoms. The van der Waals surface area contributed by atoms with Gasteiger partial charge in [-0.05, 0) is 43.7 Å². The molecular formula is C14H15ClN2O3S. The Kier molecular flexibility index (Phi) is 3.65. The van der Waals surface area contributed by atoms with Gasteiger partial charge in [0.05, 0.1) is 22.6 Å². The van der Waals surface area contributed by atoms with Gasteiger partial charge in [-0.25, -0.2) is 18.1 Å². The van der Waals surface area contributed by atoms with Gasteiger partial charge in [0.2, 0.25) is 10.0 Å². The zero-order chi connectivity index (χ0) is 15.1. The fourth-order valence-electron chi connectivity index (χ4n) is 2.38. The molecule has 21 heavy (non-hydrogen) atoms. The third kappa shape index (κ3) is 3.03. The number of hydrogen-bond acceptors (Lipinski definition) is 4. The van der Waals surface area contributed by atoms with Crippen LogP contribution in [-0.2, 0) is 14.8 Å². The third-order valence-electron chi connectivity index (χ3n) is 3.54. The number of sulfonamides is 1. The average molecular weight is 327 g/mol. The molecule has 1 fully saturated rings. The summed E-state index contributed by atoms with van der Waals surface area (Å²) in [7, 11) is -3.59. The van der Waals surface area contributed by atoms with E-state index in [-0.39, 0.29) is 4.90 Å². The quantitative estimate of drug-likeness (QED) is 0.879. The van der Waals surface area contributed by atoms with Gasteiger partial charge in [-0.3, -0.25) is 0 Å². The highest BCUT2D eigenvalue weighted by molar-refractivity contribution is 7.89. The van der Waals surface area contributed by atoms with Crippen molar-refractivity contribution in [1.29, 1.82) is 0 Å². The van der Waals surface area contributed by atoms with Crippen molar-refractivity contribution in [2.24, 2.45) is 0 Å². The van der Waals surface area contributed by atoms with Crippen molar-refractivity contribution in [3.63, 3.8) is 0 Å². The third-order valence-corrected chi connectivity index (χ3v) is 5.38. The van der Waals surface area contributed by atoms with Crippen LogP contribution in [0.25, 0.3) is 10.9 Å². The number of benzene rings is 1. The molecule has 1 N–H and O–H groups in total. The molecule has 1 aliphatic rings. The van der Waals surface area contributed by atoms with Crippen LogP contribution < -0.4 is 4.72 Å². The molecule has 1 unspecified atom stereocenters. The SMILES string of the molecule is CC1(NS(=O)(=O)c2ccc3nc(Cl)ccc3c2)CCOC1. The summed E-state index contributed by atoms with van der Waals surface area (Å²) in [6.45, 7) is 2.80. The van der Waals surface area contributed by atoms with Crippen molar-refractivity contribution in [3.05, 3.63) is 35.5 Å². The molecule has 1 saturated heterocycles. The molecule has 0 spiro atoms. The monoisotopic (exact) mass is 326 g/mol. The summed E-state index contributed by atoms with van der Waals surface area (Å²) in [4.78, 5) is 4.36. The Labute approximate surface area is 128 Å². The molecule has 0 bridgehead atoms. The van der Waals surface area contributed by atoms with Crippen LogP contribution in [0.2, 0.25) is 5.15 Å². The molecule has 5 nitrogen and oxygen atoms in total. The van der Waals surface area contributed by atoms with Gasteiger partial charge in [0.1, 0.15) is 5.15 Å². The Morgan fingerprint density at radius 3 is 2.86 bits per heavy atom. The molecule has 2 heterocycles. The predicted octanol–water partition coefficient (Wildman–Crippen LogP) is 2.35. The van der Waals surface area contributed by atoms with E-state index in [4.69, 9.17) is 16.3 Å². The summed E-state index contributed by atoms with van der Waals surface area (Å²) in [5.74, 6) is 0. The minimum absolute atomic E-state index is 0.215. The first-order valence-corrected chi connectivity index (χ1v) is 8.42. The fraction of sp³-hybridized carbons (Fsp3) is 0.357. The molecule has 0 saturated carbocycles. The lowest BCUT2D eigenvalue weighted by molar-refractivity contribution is 0.178. The maximum atomic E-state index is 12.5. The van der Waals surface area contributed by atoms with Crippen LogP contribution in [0.1, 0.15) is 13.3 Å². The van der Waals surface area contributed by atoms with Crippen LogP contribution in [0.15, 0.2) is 35.2 Å². The molecule has 1 atom stereocenters. The molecule has 3 rings (SSSR count). The standard InChI is InChI=1S/C14H15ClN2O3S/c1-14(6-7-20-9-14)17-21(18,19)11-3-4-12-10(8-11)2-5-13(15)16-12/h2-5,8,17H,6-7,9H2,1H3. The van der Waals surface area contributed by atoms with Gasteiger partial charge in [-0.1, -0.05) is 11.6 Å². The Morgan fingerprint density at radius 2 is 2.14 bits per heavy atom. The second-order valence-corrected chi connectivity index (χ2v) is 7.53. The van der Waals surface area contributed by atoms with Gasteiger partial charge < -0.3 is 4.74 Å². The number of nitrogens with one attached hydrogen (secondary N) is 1. The summed E-state index contributed by atoms with van der Waals surface area (Å²) >= 11 is 5.82. The van der Waals surface area contributed by atoms with E-state index < -0.39 is 15.6 Å². The molecule has 0 radical (unpaired) electrons. The van der Waals surface area contributed by atoms with Crippen LogP contribution in [0.3, 0.4) is 0 Å². The zero-order valence-corrected chi connectivity index (χ0v) is 13.0. The largest absolute Gasteiger partial charge is 0.379 e. The van der Waals surface area contributed by atoms with E-state index in [1.807, 2.05) is 6.92 Å². The highest BCUT2D eigenvalue weighted by Crippen LogP contribution is 2.24. The van der Waals surface area contributed by atoms with Crippen molar-refractivity contribution in [3.8, 4) is 0 Å². The van der Waals surface area contributed by atoms with Crippen molar-refractivity contribution in [2.45, 2.75) is 23.8 Å². The molecule has 1 aromatic carbocycles. The number of rotatable bonds is 3. The average Bonchev–Trinajstić information content (AvgIpc) is 2.83. The first kappa shape index (κ1) is 14.7. The highest BCUT2D eigenvalue weighted by Gasteiger charge is 2.34. The van der Waals surface area contributed by atoms with E-state index in [0.717, 1.165) is 5.39 Å². The smallest absolute Gasteiger partial charge is 0.241 e. The first-order chi connectivity index (χ1) is 9.88. The molecule has 0 aliphatic carbocycles.